The zero-order valence-electron chi connectivity index (χ0n) is 20.9. The monoisotopic (exact) mass is 511 g/mol. The molecule has 0 aliphatic rings. The quantitative estimate of drug-likeness (QED) is 0.302. The predicted molar refractivity (Wildman–Crippen MR) is 141 cm³/mol. The SMILES string of the molecule is COCCCN(CC(=O)N(CCOC)Cc1cccn1Cc1ccccc1)C(=O)c1ccc(Cl)cc1. The molecular formula is C28H34ClN3O4. The van der Waals surface area contributed by atoms with Gasteiger partial charge in [-0.15, -0.1) is 0 Å². The van der Waals surface area contributed by atoms with Crippen molar-refractivity contribution in [2.75, 3.05) is 47.1 Å². The highest BCUT2D eigenvalue weighted by Crippen LogP contribution is 2.14. The first-order valence-electron chi connectivity index (χ1n) is 12.0. The van der Waals surface area contributed by atoms with Gasteiger partial charge in [0.05, 0.1) is 13.2 Å². The molecule has 1 aromatic heterocycles. The Morgan fingerprint density at radius 3 is 2.28 bits per heavy atom. The first-order valence-corrected chi connectivity index (χ1v) is 12.4. The number of benzene rings is 2. The molecule has 0 radical (unpaired) electrons. The van der Waals surface area contributed by atoms with Gasteiger partial charge in [-0.1, -0.05) is 41.9 Å². The van der Waals surface area contributed by atoms with Crippen molar-refractivity contribution < 1.29 is 19.1 Å². The van der Waals surface area contributed by atoms with Crippen molar-refractivity contribution in [1.82, 2.24) is 14.4 Å². The molecule has 3 aromatic rings. The third-order valence-corrected chi connectivity index (χ3v) is 6.12. The van der Waals surface area contributed by atoms with Crippen molar-refractivity contribution in [3.8, 4) is 0 Å². The van der Waals surface area contributed by atoms with Crippen molar-refractivity contribution in [3.05, 3.63) is 94.8 Å². The third-order valence-electron chi connectivity index (χ3n) is 5.87. The molecule has 3 rings (SSSR count). The van der Waals surface area contributed by atoms with Crippen LogP contribution in [0.1, 0.15) is 28.0 Å². The summed E-state index contributed by atoms with van der Waals surface area (Å²) >= 11 is 5.99. The second kappa shape index (κ2) is 14.4. The summed E-state index contributed by atoms with van der Waals surface area (Å²) in [5.74, 6) is -0.352. The Kier molecular flexibility index (Phi) is 11.0. The topological polar surface area (TPSA) is 64.0 Å². The number of carbonyl (C=O) groups excluding carboxylic acids is 2. The van der Waals surface area contributed by atoms with Crippen LogP contribution in [0.3, 0.4) is 0 Å². The molecule has 0 atom stereocenters. The third kappa shape index (κ3) is 8.22. The van der Waals surface area contributed by atoms with Crippen LogP contribution < -0.4 is 0 Å². The molecule has 2 aromatic carbocycles. The molecule has 192 valence electrons. The van der Waals surface area contributed by atoms with E-state index in [0.29, 0.717) is 56.4 Å². The largest absolute Gasteiger partial charge is 0.385 e. The minimum absolute atomic E-state index is 0.0335. The van der Waals surface area contributed by atoms with Gasteiger partial charge in [-0.3, -0.25) is 9.59 Å². The van der Waals surface area contributed by atoms with Gasteiger partial charge in [-0.05, 0) is 48.4 Å². The van der Waals surface area contributed by atoms with Crippen LogP contribution in [0.5, 0.6) is 0 Å². The average Bonchev–Trinajstić information content (AvgIpc) is 3.32. The van der Waals surface area contributed by atoms with Crippen molar-refractivity contribution >= 4 is 23.4 Å². The lowest BCUT2D eigenvalue weighted by atomic mass is 10.2. The van der Waals surface area contributed by atoms with E-state index in [1.807, 2.05) is 36.5 Å². The van der Waals surface area contributed by atoms with Gasteiger partial charge in [-0.2, -0.15) is 0 Å². The Hall–Kier alpha value is -3.13. The summed E-state index contributed by atoms with van der Waals surface area (Å²) in [6, 6.07) is 20.9. The summed E-state index contributed by atoms with van der Waals surface area (Å²) in [7, 11) is 3.23. The highest BCUT2D eigenvalue weighted by molar-refractivity contribution is 6.30. The smallest absolute Gasteiger partial charge is 0.254 e. The van der Waals surface area contributed by atoms with Gasteiger partial charge in [-0.25, -0.2) is 0 Å². The van der Waals surface area contributed by atoms with E-state index in [-0.39, 0.29) is 18.4 Å². The zero-order chi connectivity index (χ0) is 25.8. The van der Waals surface area contributed by atoms with E-state index in [1.165, 1.54) is 5.56 Å². The molecule has 8 heteroatoms. The number of rotatable bonds is 14. The van der Waals surface area contributed by atoms with Gasteiger partial charge in [0.25, 0.3) is 5.91 Å². The molecule has 0 fully saturated rings. The molecule has 0 bridgehead atoms. The van der Waals surface area contributed by atoms with Gasteiger partial charge in [0.15, 0.2) is 0 Å². The fraction of sp³-hybridized carbons (Fsp3) is 0.357. The van der Waals surface area contributed by atoms with Crippen molar-refractivity contribution in [2.24, 2.45) is 0 Å². The fourth-order valence-corrected chi connectivity index (χ4v) is 4.03. The molecule has 0 aliphatic carbocycles. The maximum atomic E-state index is 13.5. The Labute approximate surface area is 218 Å². The first kappa shape index (κ1) is 27.5. The summed E-state index contributed by atoms with van der Waals surface area (Å²) in [6.07, 6.45) is 2.64. The van der Waals surface area contributed by atoms with E-state index >= 15 is 0 Å². The predicted octanol–water partition coefficient (Wildman–Crippen LogP) is 4.34. The Morgan fingerprint density at radius 2 is 1.58 bits per heavy atom. The molecule has 36 heavy (non-hydrogen) atoms. The number of halogens is 1. The second-order valence-corrected chi connectivity index (χ2v) is 8.94. The second-order valence-electron chi connectivity index (χ2n) is 8.50. The van der Waals surface area contributed by atoms with Crippen LogP contribution >= 0.6 is 11.6 Å². The van der Waals surface area contributed by atoms with Crippen molar-refractivity contribution in [1.29, 1.82) is 0 Å². The zero-order valence-corrected chi connectivity index (χ0v) is 21.7. The maximum Gasteiger partial charge on any atom is 0.254 e. The summed E-state index contributed by atoms with van der Waals surface area (Å²) in [6.45, 7) is 2.83. The van der Waals surface area contributed by atoms with Crippen LogP contribution in [0.2, 0.25) is 5.02 Å². The molecule has 0 N–H and O–H groups in total. The van der Waals surface area contributed by atoms with E-state index in [2.05, 4.69) is 16.7 Å². The van der Waals surface area contributed by atoms with E-state index in [4.69, 9.17) is 21.1 Å². The van der Waals surface area contributed by atoms with Gasteiger partial charge >= 0.3 is 0 Å². The number of ether oxygens (including phenoxy) is 2. The summed E-state index contributed by atoms with van der Waals surface area (Å²) in [5.41, 5.74) is 2.69. The van der Waals surface area contributed by atoms with E-state index in [0.717, 1.165) is 5.69 Å². The molecule has 1 heterocycles. The van der Waals surface area contributed by atoms with Crippen LogP contribution in [-0.4, -0.2) is 73.2 Å². The molecular weight excluding hydrogens is 478 g/mol. The van der Waals surface area contributed by atoms with Crippen LogP contribution in [0.15, 0.2) is 72.9 Å². The average molecular weight is 512 g/mol. The Balaban J connectivity index is 1.75. The van der Waals surface area contributed by atoms with Gasteiger partial charge in [0.2, 0.25) is 5.91 Å². The first-order chi connectivity index (χ1) is 17.5. The lowest BCUT2D eigenvalue weighted by Gasteiger charge is -2.28. The van der Waals surface area contributed by atoms with Crippen molar-refractivity contribution in [2.45, 2.75) is 19.5 Å². The summed E-state index contributed by atoms with van der Waals surface area (Å²) in [5, 5.41) is 0.554. The number of hydrogen-bond acceptors (Lipinski definition) is 4. The van der Waals surface area contributed by atoms with Crippen LogP contribution in [0, 0.1) is 0 Å². The van der Waals surface area contributed by atoms with Crippen LogP contribution in [-0.2, 0) is 27.4 Å². The fourth-order valence-electron chi connectivity index (χ4n) is 3.91. The number of aromatic nitrogens is 1. The van der Waals surface area contributed by atoms with Crippen LogP contribution in [0.4, 0.5) is 0 Å². The highest BCUT2D eigenvalue weighted by atomic mass is 35.5. The minimum atomic E-state index is -0.213. The minimum Gasteiger partial charge on any atom is -0.385 e. The highest BCUT2D eigenvalue weighted by Gasteiger charge is 2.23. The molecule has 0 unspecified atom stereocenters. The van der Waals surface area contributed by atoms with E-state index in [9.17, 15) is 9.59 Å². The van der Waals surface area contributed by atoms with Crippen LogP contribution in [0.25, 0.3) is 0 Å². The van der Waals surface area contributed by atoms with Gasteiger partial charge in [0.1, 0.15) is 6.54 Å². The number of nitrogens with zero attached hydrogens (tertiary/aromatic N) is 3. The molecule has 0 spiro atoms. The number of methoxy groups -OCH3 is 2. The normalized spacial score (nSPS) is 10.9. The number of amides is 2. The maximum absolute atomic E-state index is 13.5. The molecule has 7 nitrogen and oxygen atoms in total. The summed E-state index contributed by atoms with van der Waals surface area (Å²) in [4.78, 5) is 30.1. The number of carbonyl (C=O) groups is 2. The Bertz CT molecular complexity index is 1090. The molecule has 0 saturated carbocycles. The Morgan fingerprint density at radius 1 is 0.861 bits per heavy atom. The molecule has 2 amide bonds. The molecule has 0 aliphatic heterocycles. The van der Waals surface area contributed by atoms with E-state index < -0.39 is 0 Å². The summed E-state index contributed by atoms with van der Waals surface area (Å²) < 4.78 is 12.6. The lowest BCUT2D eigenvalue weighted by molar-refractivity contribution is -0.133. The van der Waals surface area contributed by atoms with Gasteiger partial charge < -0.3 is 23.8 Å². The standard InChI is InChI=1S/C28H34ClN3O4/c1-35-18-7-16-32(28(34)24-11-13-25(29)14-12-24)22-27(33)31(17-19-36-2)21-26-10-6-15-30(26)20-23-8-4-3-5-9-23/h3-6,8-15H,7,16-22H2,1-2H3. The van der Waals surface area contributed by atoms with E-state index in [1.54, 1.807) is 48.3 Å². The number of hydrogen-bond donors (Lipinski definition) is 0. The van der Waals surface area contributed by atoms with Gasteiger partial charge in [0, 0.05) is 62.9 Å². The lowest BCUT2D eigenvalue weighted by Crippen LogP contribution is -2.44. The van der Waals surface area contributed by atoms with Crippen molar-refractivity contribution in [3.63, 3.8) is 0 Å². The molecule has 0 saturated heterocycles.